The molecule has 1 aromatic carbocycles. The number of benzene rings is 1. The van der Waals surface area contributed by atoms with Crippen LogP contribution in [0.25, 0.3) is 11.0 Å². The third kappa shape index (κ3) is 2.96. The van der Waals surface area contributed by atoms with Crippen LogP contribution in [0.15, 0.2) is 16.9 Å². The van der Waals surface area contributed by atoms with Crippen molar-refractivity contribution in [1.82, 2.24) is 9.13 Å². The fourth-order valence-electron chi connectivity index (χ4n) is 2.37. The van der Waals surface area contributed by atoms with E-state index in [0.29, 0.717) is 36.5 Å². The van der Waals surface area contributed by atoms with Gasteiger partial charge in [0.05, 0.1) is 16.0 Å². The van der Waals surface area contributed by atoms with Crippen LogP contribution in [0.1, 0.15) is 13.3 Å². The molecule has 22 heavy (non-hydrogen) atoms. The molecule has 2 aromatic rings. The van der Waals surface area contributed by atoms with E-state index in [2.05, 4.69) is 5.32 Å². The van der Waals surface area contributed by atoms with Crippen molar-refractivity contribution in [3.63, 3.8) is 0 Å². The molecule has 1 N–H and O–H groups in total. The zero-order chi connectivity index (χ0) is 16.3. The Bertz CT molecular complexity index is 747. The van der Waals surface area contributed by atoms with Gasteiger partial charge in [0.25, 0.3) is 5.69 Å². The number of aryl methyl sites for hydroxylation is 2. The minimum atomic E-state index is -0.443. The quantitative estimate of drug-likeness (QED) is 0.477. The van der Waals surface area contributed by atoms with E-state index in [0.717, 1.165) is 6.42 Å². The molecular weight excluding hydrogens is 288 g/mol. The van der Waals surface area contributed by atoms with E-state index in [1.54, 1.807) is 20.2 Å². The van der Waals surface area contributed by atoms with Gasteiger partial charge in [-0.05, 0) is 19.4 Å². The summed E-state index contributed by atoms with van der Waals surface area (Å²) in [5, 5.41) is 14.3. The summed E-state index contributed by atoms with van der Waals surface area (Å²) in [5.74, 6) is 0. The Balaban J connectivity index is 2.35. The second-order valence-corrected chi connectivity index (χ2v) is 4.99. The molecule has 1 aromatic heterocycles. The van der Waals surface area contributed by atoms with E-state index in [-0.39, 0.29) is 11.4 Å². The fraction of sp³-hybridized carbons (Fsp3) is 0.500. The molecule has 2 rings (SSSR count). The normalized spacial score (nSPS) is 11.0. The molecule has 0 fully saturated rings. The molecule has 120 valence electrons. The van der Waals surface area contributed by atoms with Gasteiger partial charge in [0, 0.05) is 39.9 Å². The monoisotopic (exact) mass is 308 g/mol. The van der Waals surface area contributed by atoms with Gasteiger partial charge >= 0.3 is 5.69 Å². The summed E-state index contributed by atoms with van der Waals surface area (Å²) < 4.78 is 8.12. The number of fused-ring (bicyclic) bond motifs is 1. The highest BCUT2D eigenvalue weighted by atomic mass is 16.6. The molecule has 0 radical (unpaired) electrons. The number of rotatable bonds is 7. The Labute approximate surface area is 127 Å². The molecule has 0 saturated heterocycles. The first-order valence-electron chi connectivity index (χ1n) is 7.12. The third-order valence-electron chi connectivity index (χ3n) is 3.57. The van der Waals surface area contributed by atoms with Crippen LogP contribution >= 0.6 is 0 Å². The van der Waals surface area contributed by atoms with Crippen molar-refractivity contribution in [2.24, 2.45) is 14.1 Å². The molecule has 0 aliphatic rings. The average molecular weight is 308 g/mol. The van der Waals surface area contributed by atoms with Gasteiger partial charge in [-0.3, -0.25) is 19.2 Å². The number of ether oxygens (including phenoxy) is 1. The lowest BCUT2D eigenvalue weighted by molar-refractivity contribution is -0.383. The van der Waals surface area contributed by atoms with Gasteiger partial charge in [0.15, 0.2) is 0 Å². The molecule has 0 amide bonds. The molecule has 0 spiro atoms. The summed E-state index contributed by atoms with van der Waals surface area (Å²) in [5.41, 5.74) is 1.36. The number of hydrogen-bond acceptors (Lipinski definition) is 5. The lowest BCUT2D eigenvalue weighted by Gasteiger charge is -2.08. The highest BCUT2D eigenvalue weighted by Gasteiger charge is 2.19. The van der Waals surface area contributed by atoms with Crippen LogP contribution in [-0.4, -0.2) is 33.8 Å². The van der Waals surface area contributed by atoms with Crippen molar-refractivity contribution in [3.05, 3.63) is 32.7 Å². The zero-order valence-corrected chi connectivity index (χ0v) is 13.0. The highest BCUT2D eigenvalue weighted by molar-refractivity contribution is 5.85. The maximum Gasteiger partial charge on any atom is 0.328 e. The Morgan fingerprint density at radius 1 is 1.27 bits per heavy atom. The van der Waals surface area contributed by atoms with Gasteiger partial charge in [0.2, 0.25) is 0 Å². The largest absolute Gasteiger partial charge is 0.382 e. The standard InChI is InChI=1S/C14H20N4O4/c1-4-22-7-5-6-15-10-8-12-13(9-11(10)18(20)21)17(3)14(19)16(12)2/h8-9,15H,4-7H2,1-3H3. The molecule has 8 heteroatoms. The van der Waals surface area contributed by atoms with Gasteiger partial charge in [-0.25, -0.2) is 4.79 Å². The topological polar surface area (TPSA) is 91.3 Å². The third-order valence-corrected chi connectivity index (χ3v) is 3.57. The minimum Gasteiger partial charge on any atom is -0.382 e. The van der Waals surface area contributed by atoms with Crippen molar-refractivity contribution in [1.29, 1.82) is 0 Å². The average Bonchev–Trinajstić information content (AvgIpc) is 2.70. The summed E-state index contributed by atoms with van der Waals surface area (Å²) >= 11 is 0. The summed E-state index contributed by atoms with van der Waals surface area (Å²) in [6.07, 6.45) is 0.747. The molecule has 0 atom stereocenters. The number of imidazole rings is 1. The number of nitrogens with zero attached hydrogens (tertiary/aromatic N) is 3. The van der Waals surface area contributed by atoms with Crippen LogP contribution < -0.4 is 11.0 Å². The molecule has 8 nitrogen and oxygen atoms in total. The van der Waals surface area contributed by atoms with Gasteiger partial charge in [0.1, 0.15) is 5.69 Å². The molecule has 0 unspecified atom stereocenters. The van der Waals surface area contributed by atoms with Crippen LogP contribution in [0.5, 0.6) is 0 Å². The Hall–Kier alpha value is -2.35. The van der Waals surface area contributed by atoms with Crippen LogP contribution in [-0.2, 0) is 18.8 Å². The van der Waals surface area contributed by atoms with Gasteiger partial charge < -0.3 is 10.1 Å². The van der Waals surface area contributed by atoms with E-state index in [4.69, 9.17) is 4.74 Å². The van der Waals surface area contributed by atoms with Crippen LogP contribution in [0.4, 0.5) is 11.4 Å². The van der Waals surface area contributed by atoms with Crippen molar-refractivity contribution in [2.75, 3.05) is 25.1 Å². The lowest BCUT2D eigenvalue weighted by Crippen LogP contribution is -2.19. The van der Waals surface area contributed by atoms with E-state index in [1.165, 1.54) is 15.2 Å². The summed E-state index contributed by atoms with van der Waals surface area (Å²) in [6.45, 7) is 3.73. The summed E-state index contributed by atoms with van der Waals surface area (Å²) in [7, 11) is 3.25. The zero-order valence-electron chi connectivity index (χ0n) is 13.0. The highest BCUT2D eigenvalue weighted by Crippen LogP contribution is 2.29. The van der Waals surface area contributed by atoms with E-state index in [1.807, 2.05) is 6.92 Å². The van der Waals surface area contributed by atoms with Crippen LogP contribution in [0.3, 0.4) is 0 Å². The minimum absolute atomic E-state index is 0.0369. The first-order chi connectivity index (χ1) is 10.5. The van der Waals surface area contributed by atoms with Gasteiger partial charge in [-0.2, -0.15) is 0 Å². The second kappa shape index (κ2) is 6.61. The van der Waals surface area contributed by atoms with Crippen molar-refractivity contribution < 1.29 is 9.66 Å². The molecule has 0 saturated carbocycles. The summed E-state index contributed by atoms with van der Waals surface area (Å²) in [6, 6.07) is 3.08. The van der Waals surface area contributed by atoms with E-state index in [9.17, 15) is 14.9 Å². The fourth-order valence-corrected chi connectivity index (χ4v) is 2.37. The molecular formula is C14H20N4O4. The maximum atomic E-state index is 11.9. The number of hydrogen-bond donors (Lipinski definition) is 1. The second-order valence-electron chi connectivity index (χ2n) is 4.99. The first kappa shape index (κ1) is 16.0. The lowest BCUT2D eigenvalue weighted by atomic mass is 10.2. The van der Waals surface area contributed by atoms with E-state index < -0.39 is 4.92 Å². The van der Waals surface area contributed by atoms with E-state index >= 15 is 0 Å². The predicted molar refractivity (Wildman–Crippen MR) is 84.4 cm³/mol. The number of nitro benzene ring substituents is 1. The van der Waals surface area contributed by atoms with Crippen molar-refractivity contribution in [2.45, 2.75) is 13.3 Å². The number of anilines is 1. The first-order valence-corrected chi connectivity index (χ1v) is 7.12. The number of aromatic nitrogens is 2. The predicted octanol–water partition coefficient (Wildman–Crippen LogP) is 1.62. The maximum absolute atomic E-state index is 11.9. The van der Waals surface area contributed by atoms with Crippen LogP contribution in [0, 0.1) is 10.1 Å². The number of nitrogens with one attached hydrogen (secondary N) is 1. The molecule has 0 bridgehead atoms. The molecule has 0 aliphatic heterocycles. The smallest absolute Gasteiger partial charge is 0.328 e. The molecule has 1 heterocycles. The Morgan fingerprint density at radius 2 is 1.91 bits per heavy atom. The van der Waals surface area contributed by atoms with Crippen molar-refractivity contribution >= 4 is 22.4 Å². The van der Waals surface area contributed by atoms with Gasteiger partial charge in [-0.1, -0.05) is 0 Å². The Morgan fingerprint density at radius 3 is 2.50 bits per heavy atom. The Kier molecular flexibility index (Phi) is 4.81. The molecule has 0 aliphatic carbocycles. The van der Waals surface area contributed by atoms with Crippen molar-refractivity contribution in [3.8, 4) is 0 Å². The van der Waals surface area contributed by atoms with Gasteiger partial charge in [-0.15, -0.1) is 0 Å². The summed E-state index contributed by atoms with van der Waals surface area (Å²) in [4.78, 5) is 22.7. The van der Waals surface area contributed by atoms with Crippen LogP contribution in [0.2, 0.25) is 0 Å². The number of nitro groups is 1. The SMILES string of the molecule is CCOCCCNc1cc2c(cc1[N+](=O)[O-])n(C)c(=O)n2C.